The van der Waals surface area contributed by atoms with Gasteiger partial charge in [0.1, 0.15) is 0 Å². The lowest BCUT2D eigenvalue weighted by Gasteiger charge is -2.11. The van der Waals surface area contributed by atoms with E-state index in [4.69, 9.17) is 0 Å². The number of aliphatic hydroxyl groups excluding tert-OH is 2. The summed E-state index contributed by atoms with van der Waals surface area (Å²) in [7, 11) is -3.63. The zero-order chi connectivity index (χ0) is 16.7. The first-order valence-electron chi connectivity index (χ1n) is 7.54. The van der Waals surface area contributed by atoms with Gasteiger partial charge >= 0.3 is 0 Å². The first kappa shape index (κ1) is 16.2. The maximum atomic E-state index is 13.0. The molecule has 1 aliphatic rings. The molecule has 0 saturated heterocycles. The van der Waals surface area contributed by atoms with E-state index in [0.717, 1.165) is 11.1 Å². The maximum Gasteiger partial charge on any atom is 0.182 e. The third kappa shape index (κ3) is 2.49. The standard InChI is InChI=1S/C18H20O4S/c1-13-7-9-15(10-8-13)23(21,22)17-16(18(17,11-19)12-20)14-5-3-2-4-6-14/h2-10,16-17,19-20H,11-12H2,1H3. The fourth-order valence-electron chi connectivity index (χ4n) is 3.41. The zero-order valence-electron chi connectivity index (χ0n) is 12.9. The van der Waals surface area contributed by atoms with E-state index >= 15 is 0 Å². The van der Waals surface area contributed by atoms with E-state index in [-0.39, 0.29) is 18.1 Å². The molecule has 23 heavy (non-hydrogen) atoms. The summed E-state index contributed by atoms with van der Waals surface area (Å²) in [6.45, 7) is 1.17. The van der Waals surface area contributed by atoms with Gasteiger partial charge < -0.3 is 10.2 Å². The van der Waals surface area contributed by atoms with Crippen LogP contribution in [0, 0.1) is 12.3 Å². The van der Waals surface area contributed by atoms with Crippen LogP contribution in [-0.4, -0.2) is 37.1 Å². The van der Waals surface area contributed by atoms with Crippen LogP contribution in [0.15, 0.2) is 59.5 Å². The van der Waals surface area contributed by atoms with Gasteiger partial charge in [-0.1, -0.05) is 48.0 Å². The predicted octanol–water partition coefficient (Wildman–Crippen LogP) is 1.91. The van der Waals surface area contributed by atoms with Gasteiger partial charge in [-0.3, -0.25) is 0 Å². The first-order chi connectivity index (χ1) is 11.0. The SMILES string of the molecule is Cc1ccc(S(=O)(=O)C2C(c3ccccc3)C2(CO)CO)cc1. The van der Waals surface area contributed by atoms with Gasteiger partial charge in [0.2, 0.25) is 0 Å². The molecule has 2 aromatic rings. The van der Waals surface area contributed by atoms with Crippen LogP contribution in [0.25, 0.3) is 0 Å². The Hall–Kier alpha value is -1.69. The Kier molecular flexibility index (Phi) is 4.04. The van der Waals surface area contributed by atoms with E-state index in [1.807, 2.05) is 37.3 Å². The number of sulfone groups is 1. The fraction of sp³-hybridized carbons (Fsp3) is 0.333. The van der Waals surface area contributed by atoms with Crippen LogP contribution in [0.2, 0.25) is 0 Å². The van der Waals surface area contributed by atoms with Gasteiger partial charge in [-0.05, 0) is 24.6 Å². The van der Waals surface area contributed by atoms with Crippen molar-refractivity contribution >= 4 is 9.84 Å². The second-order valence-corrected chi connectivity index (χ2v) is 8.29. The van der Waals surface area contributed by atoms with Gasteiger partial charge in [-0.2, -0.15) is 0 Å². The molecule has 0 aromatic heterocycles. The highest BCUT2D eigenvalue weighted by molar-refractivity contribution is 7.92. The van der Waals surface area contributed by atoms with Gasteiger partial charge in [0.25, 0.3) is 0 Å². The van der Waals surface area contributed by atoms with E-state index in [2.05, 4.69) is 0 Å². The van der Waals surface area contributed by atoms with Crippen molar-refractivity contribution in [3.05, 3.63) is 65.7 Å². The third-order valence-corrected chi connectivity index (χ3v) is 7.15. The lowest BCUT2D eigenvalue weighted by molar-refractivity contribution is 0.130. The molecule has 0 amide bonds. The topological polar surface area (TPSA) is 74.6 Å². The summed E-state index contributed by atoms with van der Waals surface area (Å²) in [5.41, 5.74) is 0.789. The van der Waals surface area contributed by atoms with Gasteiger partial charge in [0.05, 0.1) is 23.4 Å². The van der Waals surface area contributed by atoms with E-state index in [9.17, 15) is 18.6 Å². The molecular formula is C18H20O4S. The van der Waals surface area contributed by atoms with E-state index in [1.165, 1.54) is 0 Å². The van der Waals surface area contributed by atoms with E-state index in [0.29, 0.717) is 0 Å². The van der Waals surface area contributed by atoms with Crippen LogP contribution in [0.3, 0.4) is 0 Å². The minimum atomic E-state index is -3.63. The molecule has 1 saturated carbocycles. The summed E-state index contributed by atoms with van der Waals surface area (Å²) < 4.78 is 26.0. The Morgan fingerprint density at radius 1 is 0.957 bits per heavy atom. The van der Waals surface area contributed by atoms with E-state index in [1.54, 1.807) is 24.3 Å². The smallest absolute Gasteiger partial charge is 0.182 e. The number of rotatable bonds is 5. The molecule has 2 N–H and O–H groups in total. The summed E-state index contributed by atoms with van der Waals surface area (Å²) in [5, 5.41) is 18.8. The van der Waals surface area contributed by atoms with Crippen molar-refractivity contribution in [2.45, 2.75) is 23.0 Å². The van der Waals surface area contributed by atoms with Crippen LogP contribution in [0.5, 0.6) is 0 Å². The molecule has 0 bridgehead atoms. The Bertz CT molecular complexity index is 778. The quantitative estimate of drug-likeness (QED) is 0.877. The van der Waals surface area contributed by atoms with Crippen LogP contribution in [-0.2, 0) is 9.84 Å². The highest BCUT2D eigenvalue weighted by Crippen LogP contribution is 2.63. The molecule has 2 unspecified atom stereocenters. The summed E-state index contributed by atoms with van der Waals surface area (Å²) in [6, 6.07) is 15.9. The van der Waals surface area contributed by atoms with Gasteiger partial charge in [0.15, 0.2) is 9.84 Å². The molecule has 2 atom stereocenters. The lowest BCUT2D eigenvalue weighted by Crippen LogP contribution is -2.23. The fourth-order valence-corrected chi connectivity index (χ4v) is 5.84. The predicted molar refractivity (Wildman–Crippen MR) is 87.9 cm³/mol. The Balaban J connectivity index is 2.05. The Labute approximate surface area is 136 Å². The molecule has 4 nitrogen and oxygen atoms in total. The molecule has 0 heterocycles. The summed E-state index contributed by atoms with van der Waals surface area (Å²) >= 11 is 0. The average Bonchev–Trinajstić information content (AvgIpc) is 3.27. The first-order valence-corrected chi connectivity index (χ1v) is 9.09. The molecular weight excluding hydrogens is 312 g/mol. The molecule has 3 rings (SSSR count). The minimum Gasteiger partial charge on any atom is -0.396 e. The van der Waals surface area contributed by atoms with Crippen LogP contribution in [0.4, 0.5) is 0 Å². The molecule has 0 spiro atoms. The second kappa shape index (κ2) is 5.74. The third-order valence-electron chi connectivity index (χ3n) is 4.81. The number of aliphatic hydroxyl groups is 2. The van der Waals surface area contributed by atoms with Crippen molar-refractivity contribution in [2.75, 3.05) is 13.2 Å². The number of aryl methyl sites for hydroxylation is 1. The average molecular weight is 332 g/mol. The van der Waals surface area contributed by atoms with Crippen LogP contribution in [0.1, 0.15) is 17.0 Å². The van der Waals surface area contributed by atoms with E-state index < -0.39 is 26.4 Å². The molecule has 0 aliphatic heterocycles. The lowest BCUT2D eigenvalue weighted by atomic mass is 10.0. The normalized spacial score (nSPS) is 22.7. The second-order valence-electron chi connectivity index (χ2n) is 6.22. The molecule has 1 fully saturated rings. The molecule has 122 valence electrons. The maximum absolute atomic E-state index is 13.0. The highest BCUT2D eigenvalue weighted by atomic mass is 32.2. The van der Waals surface area contributed by atoms with Crippen LogP contribution >= 0.6 is 0 Å². The number of hydrogen-bond donors (Lipinski definition) is 2. The molecule has 2 aromatic carbocycles. The summed E-state index contributed by atoms with van der Waals surface area (Å²) in [6.07, 6.45) is 0. The summed E-state index contributed by atoms with van der Waals surface area (Å²) in [5.74, 6) is -0.398. The molecule has 0 radical (unpaired) electrons. The molecule has 5 heteroatoms. The number of hydrogen-bond acceptors (Lipinski definition) is 4. The van der Waals surface area contributed by atoms with Gasteiger partial charge in [0, 0.05) is 11.3 Å². The van der Waals surface area contributed by atoms with Crippen molar-refractivity contribution in [1.82, 2.24) is 0 Å². The van der Waals surface area contributed by atoms with Gasteiger partial charge in [-0.15, -0.1) is 0 Å². The minimum absolute atomic E-state index is 0.234. The Morgan fingerprint density at radius 2 is 1.52 bits per heavy atom. The monoisotopic (exact) mass is 332 g/mol. The summed E-state index contributed by atoms with van der Waals surface area (Å²) in [4.78, 5) is 0.234. The Morgan fingerprint density at radius 3 is 2.04 bits per heavy atom. The van der Waals surface area contributed by atoms with Crippen molar-refractivity contribution < 1.29 is 18.6 Å². The van der Waals surface area contributed by atoms with Gasteiger partial charge in [-0.25, -0.2) is 8.42 Å². The molecule has 1 aliphatic carbocycles. The zero-order valence-corrected chi connectivity index (χ0v) is 13.7. The highest BCUT2D eigenvalue weighted by Gasteiger charge is 2.70. The van der Waals surface area contributed by atoms with Crippen molar-refractivity contribution in [3.63, 3.8) is 0 Å². The van der Waals surface area contributed by atoms with Crippen molar-refractivity contribution in [1.29, 1.82) is 0 Å². The van der Waals surface area contributed by atoms with Crippen LogP contribution < -0.4 is 0 Å². The number of benzene rings is 2. The van der Waals surface area contributed by atoms with Crippen molar-refractivity contribution in [3.8, 4) is 0 Å². The largest absolute Gasteiger partial charge is 0.396 e. The van der Waals surface area contributed by atoms with Crippen molar-refractivity contribution in [2.24, 2.45) is 5.41 Å².